The number of phenols is 1. The minimum atomic E-state index is -0.253. The third-order valence-corrected chi connectivity index (χ3v) is 5.03. The molecule has 3 N–H and O–H groups in total. The lowest BCUT2D eigenvalue weighted by Crippen LogP contribution is -2.25. The number of rotatable bonds is 3. The van der Waals surface area contributed by atoms with Gasteiger partial charge >= 0.3 is 0 Å². The summed E-state index contributed by atoms with van der Waals surface area (Å²) in [7, 11) is 0. The lowest BCUT2D eigenvalue weighted by Gasteiger charge is -2.24. The molecule has 1 saturated carbocycles. The molecule has 0 saturated heterocycles. The summed E-state index contributed by atoms with van der Waals surface area (Å²) in [4.78, 5) is 17.0. The van der Waals surface area contributed by atoms with Gasteiger partial charge in [0, 0.05) is 5.92 Å². The van der Waals surface area contributed by atoms with Gasteiger partial charge in [-0.15, -0.1) is 5.10 Å². The first kappa shape index (κ1) is 14.2. The number of anilines is 1. The maximum absolute atomic E-state index is 12.6. The standard InChI is InChI=1S/C17H20N4O2/c22-14-9-3-6-11-12(14)7-2-8-13(11)16(23)19-17-18-15(20-21-17)10-4-1-5-10/h3,6,9-10,13,22H,1-2,4-5,7-8H2,(H2,18,19,20,21,23). The van der Waals surface area contributed by atoms with Crippen molar-refractivity contribution in [3.63, 3.8) is 0 Å². The first-order valence-corrected chi connectivity index (χ1v) is 8.26. The number of amides is 1. The molecule has 0 bridgehead atoms. The van der Waals surface area contributed by atoms with Crippen molar-refractivity contribution < 1.29 is 9.90 Å². The molecule has 120 valence electrons. The Bertz CT molecular complexity index is 736. The molecule has 0 aliphatic heterocycles. The van der Waals surface area contributed by atoms with Crippen LogP contribution in [0.5, 0.6) is 5.75 Å². The molecule has 1 fully saturated rings. The van der Waals surface area contributed by atoms with Crippen molar-refractivity contribution in [3.8, 4) is 5.75 Å². The van der Waals surface area contributed by atoms with E-state index in [1.54, 1.807) is 12.1 Å². The summed E-state index contributed by atoms with van der Waals surface area (Å²) in [6.07, 6.45) is 6.00. The maximum atomic E-state index is 12.6. The number of benzene rings is 1. The summed E-state index contributed by atoms with van der Waals surface area (Å²) in [5.74, 6) is 1.61. The molecule has 2 aliphatic carbocycles. The number of aromatic amines is 1. The van der Waals surface area contributed by atoms with Crippen LogP contribution in [0.4, 0.5) is 5.95 Å². The highest BCUT2D eigenvalue weighted by atomic mass is 16.3. The molecule has 1 atom stereocenters. The summed E-state index contributed by atoms with van der Waals surface area (Å²) >= 11 is 0. The number of nitrogens with zero attached hydrogens (tertiary/aromatic N) is 2. The molecule has 6 heteroatoms. The van der Waals surface area contributed by atoms with E-state index in [9.17, 15) is 9.90 Å². The minimum absolute atomic E-state index is 0.101. The molecule has 0 spiro atoms. The Labute approximate surface area is 134 Å². The van der Waals surface area contributed by atoms with Crippen LogP contribution >= 0.6 is 0 Å². The van der Waals surface area contributed by atoms with Crippen molar-refractivity contribution >= 4 is 11.9 Å². The Hall–Kier alpha value is -2.37. The van der Waals surface area contributed by atoms with E-state index < -0.39 is 0 Å². The Morgan fingerprint density at radius 1 is 1.26 bits per heavy atom. The predicted molar refractivity (Wildman–Crippen MR) is 85.4 cm³/mol. The second kappa shape index (κ2) is 5.68. The van der Waals surface area contributed by atoms with Crippen LogP contribution in [0.15, 0.2) is 18.2 Å². The third kappa shape index (κ3) is 2.58. The molecule has 23 heavy (non-hydrogen) atoms. The monoisotopic (exact) mass is 312 g/mol. The van der Waals surface area contributed by atoms with Crippen molar-refractivity contribution in [2.45, 2.75) is 50.4 Å². The van der Waals surface area contributed by atoms with Crippen LogP contribution in [0.2, 0.25) is 0 Å². The average molecular weight is 312 g/mol. The van der Waals surface area contributed by atoms with Gasteiger partial charge in [-0.05, 0) is 49.3 Å². The number of carbonyl (C=O) groups excluding carboxylic acids is 1. The zero-order valence-electron chi connectivity index (χ0n) is 12.9. The smallest absolute Gasteiger partial charge is 0.248 e. The Morgan fingerprint density at radius 3 is 2.91 bits per heavy atom. The second-order valence-corrected chi connectivity index (χ2v) is 6.45. The highest BCUT2D eigenvalue weighted by Crippen LogP contribution is 2.37. The number of hydrogen-bond acceptors (Lipinski definition) is 4. The van der Waals surface area contributed by atoms with Crippen LogP contribution in [-0.2, 0) is 11.2 Å². The predicted octanol–water partition coefficient (Wildman–Crippen LogP) is 2.84. The number of H-pyrrole nitrogens is 1. The van der Waals surface area contributed by atoms with Gasteiger partial charge in [0.1, 0.15) is 11.6 Å². The van der Waals surface area contributed by atoms with E-state index in [0.717, 1.165) is 49.1 Å². The Morgan fingerprint density at radius 2 is 2.13 bits per heavy atom. The number of aromatic hydroxyl groups is 1. The fourth-order valence-corrected chi connectivity index (χ4v) is 3.49. The molecular formula is C17H20N4O2. The molecule has 4 rings (SSSR count). The Kier molecular flexibility index (Phi) is 3.52. The van der Waals surface area contributed by atoms with Gasteiger partial charge in [-0.2, -0.15) is 4.98 Å². The van der Waals surface area contributed by atoms with Crippen molar-refractivity contribution in [2.75, 3.05) is 5.32 Å². The summed E-state index contributed by atoms with van der Waals surface area (Å²) in [6, 6.07) is 5.40. The first-order chi connectivity index (χ1) is 11.2. The molecule has 1 amide bonds. The van der Waals surface area contributed by atoms with Crippen molar-refractivity contribution in [1.82, 2.24) is 15.2 Å². The molecule has 1 aromatic carbocycles. The second-order valence-electron chi connectivity index (χ2n) is 6.45. The lowest BCUT2D eigenvalue weighted by molar-refractivity contribution is -0.117. The molecule has 1 unspecified atom stereocenters. The van der Waals surface area contributed by atoms with Gasteiger partial charge in [0.05, 0.1) is 5.92 Å². The van der Waals surface area contributed by atoms with E-state index in [1.165, 1.54) is 6.42 Å². The molecule has 2 aromatic rings. The van der Waals surface area contributed by atoms with E-state index in [-0.39, 0.29) is 17.6 Å². The molecular weight excluding hydrogens is 292 g/mol. The van der Waals surface area contributed by atoms with E-state index in [1.807, 2.05) is 6.07 Å². The summed E-state index contributed by atoms with van der Waals surface area (Å²) in [6.45, 7) is 0. The molecule has 1 aromatic heterocycles. The first-order valence-electron chi connectivity index (χ1n) is 8.26. The number of carbonyl (C=O) groups is 1. The maximum Gasteiger partial charge on any atom is 0.248 e. The fourth-order valence-electron chi connectivity index (χ4n) is 3.49. The number of fused-ring (bicyclic) bond motifs is 1. The molecule has 6 nitrogen and oxygen atoms in total. The summed E-state index contributed by atoms with van der Waals surface area (Å²) in [5, 5.41) is 19.8. The summed E-state index contributed by atoms with van der Waals surface area (Å²) < 4.78 is 0. The lowest BCUT2D eigenvalue weighted by atomic mass is 9.82. The number of nitrogens with one attached hydrogen (secondary N) is 2. The van der Waals surface area contributed by atoms with Gasteiger partial charge in [0.25, 0.3) is 0 Å². The SMILES string of the molecule is O=C(Nc1n[nH]c(C2CCC2)n1)C1CCCc2c(O)cccc21. The highest BCUT2D eigenvalue weighted by molar-refractivity contribution is 5.95. The summed E-state index contributed by atoms with van der Waals surface area (Å²) in [5.41, 5.74) is 1.81. The van der Waals surface area contributed by atoms with Gasteiger partial charge in [-0.25, -0.2) is 0 Å². The molecule has 0 radical (unpaired) electrons. The molecule has 2 aliphatic rings. The van der Waals surface area contributed by atoms with Gasteiger partial charge in [-0.1, -0.05) is 18.6 Å². The Balaban J connectivity index is 1.51. The average Bonchev–Trinajstić information content (AvgIpc) is 2.93. The van der Waals surface area contributed by atoms with Gasteiger partial charge in [0.15, 0.2) is 0 Å². The fraction of sp³-hybridized carbons (Fsp3) is 0.471. The van der Waals surface area contributed by atoms with E-state index >= 15 is 0 Å². The minimum Gasteiger partial charge on any atom is -0.508 e. The van der Waals surface area contributed by atoms with Crippen molar-refractivity contribution in [2.24, 2.45) is 0 Å². The van der Waals surface area contributed by atoms with Crippen LogP contribution < -0.4 is 5.32 Å². The van der Waals surface area contributed by atoms with E-state index in [2.05, 4.69) is 20.5 Å². The van der Waals surface area contributed by atoms with Crippen molar-refractivity contribution in [3.05, 3.63) is 35.2 Å². The normalized spacial score (nSPS) is 20.6. The topological polar surface area (TPSA) is 90.9 Å². The largest absolute Gasteiger partial charge is 0.508 e. The van der Waals surface area contributed by atoms with Gasteiger partial charge in [-0.3, -0.25) is 15.2 Å². The van der Waals surface area contributed by atoms with E-state index in [0.29, 0.717) is 11.9 Å². The van der Waals surface area contributed by atoms with Crippen LogP contribution in [-0.4, -0.2) is 26.2 Å². The quantitative estimate of drug-likeness (QED) is 0.812. The zero-order valence-corrected chi connectivity index (χ0v) is 12.9. The van der Waals surface area contributed by atoms with Gasteiger partial charge < -0.3 is 5.11 Å². The van der Waals surface area contributed by atoms with Crippen LogP contribution in [0.3, 0.4) is 0 Å². The van der Waals surface area contributed by atoms with E-state index in [4.69, 9.17) is 0 Å². The number of aromatic nitrogens is 3. The number of phenolic OH excluding ortho intramolecular Hbond substituents is 1. The van der Waals surface area contributed by atoms with Gasteiger partial charge in [0.2, 0.25) is 11.9 Å². The van der Waals surface area contributed by atoms with Crippen LogP contribution in [0.1, 0.15) is 60.9 Å². The highest BCUT2D eigenvalue weighted by Gasteiger charge is 2.29. The van der Waals surface area contributed by atoms with Crippen molar-refractivity contribution in [1.29, 1.82) is 0 Å². The molecule has 1 heterocycles. The van der Waals surface area contributed by atoms with Crippen LogP contribution in [0.25, 0.3) is 0 Å². The zero-order chi connectivity index (χ0) is 15.8. The number of hydrogen-bond donors (Lipinski definition) is 3. The van der Waals surface area contributed by atoms with Crippen LogP contribution in [0, 0.1) is 0 Å². The third-order valence-electron chi connectivity index (χ3n) is 5.03.